The van der Waals surface area contributed by atoms with Crippen LogP contribution < -0.4 is 5.73 Å². The summed E-state index contributed by atoms with van der Waals surface area (Å²) in [5.74, 6) is -0.212. The van der Waals surface area contributed by atoms with Crippen LogP contribution in [0.1, 0.15) is 27.7 Å². The molecule has 1 saturated heterocycles. The smallest absolute Gasteiger partial charge is 0.328 e. The van der Waals surface area contributed by atoms with Gasteiger partial charge in [-0.05, 0) is 11.3 Å². The number of hydrogen-bond donors (Lipinski definition) is 2. The van der Waals surface area contributed by atoms with E-state index in [1.807, 2.05) is 0 Å². The first-order valence-electron chi connectivity index (χ1n) is 7.34. The van der Waals surface area contributed by atoms with Crippen LogP contribution in [-0.4, -0.2) is 54.2 Å². The van der Waals surface area contributed by atoms with Crippen molar-refractivity contribution < 1.29 is 19.4 Å². The first kappa shape index (κ1) is 16.2. The Morgan fingerprint density at radius 3 is 2.52 bits per heavy atom. The monoisotopic (exact) mass is 298 g/mol. The number of esters is 1. The van der Waals surface area contributed by atoms with Crippen molar-refractivity contribution in [2.45, 2.75) is 39.8 Å². The molecule has 0 aromatic carbocycles. The van der Waals surface area contributed by atoms with Gasteiger partial charge in [-0.3, -0.25) is 4.79 Å². The number of carbonyl (C=O) groups excluding carboxylic acids is 2. The number of ether oxygens (including phenoxy) is 1. The number of carbonyl (C=O) groups is 2. The number of likely N-dealkylation sites (tertiary alicyclic amines) is 1. The second-order valence-electron chi connectivity index (χ2n) is 7.54. The van der Waals surface area contributed by atoms with Crippen molar-refractivity contribution in [2.75, 3.05) is 20.3 Å². The van der Waals surface area contributed by atoms with E-state index in [9.17, 15) is 14.7 Å². The van der Waals surface area contributed by atoms with E-state index in [-0.39, 0.29) is 29.8 Å². The minimum absolute atomic E-state index is 0.0617. The Labute approximate surface area is 125 Å². The van der Waals surface area contributed by atoms with Crippen LogP contribution in [0.4, 0.5) is 0 Å². The molecular weight excluding hydrogens is 272 g/mol. The largest absolute Gasteiger partial charge is 0.467 e. The van der Waals surface area contributed by atoms with E-state index in [1.54, 1.807) is 18.7 Å². The lowest BCUT2D eigenvalue weighted by Gasteiger charge is -2.35. The maximum atomic E-state index is 12.6. The van der Waals surface area contributed by atoms with E-state index in [4.69, 9.17) is 10.5 Å². The summed E-state index contributed by atoms with van der Waals surface area (Å²) >= 11 is 0. The van der Waals surface area contributed by atoms with Crippen LogP contribution in [0, 0.1) is 22.7 Å². The standard InChI is InChI=1S/C15H26N2O4/c1-14(2,7-18)11(16)12(19)17-6-8-9(15(8,3)4)10(17)13(20)21-5/h8-11,18H,6-7,16H2,1-5H3/t8-,9-,10-,11+/m0/s1. The molecule has 21 heavy (non-hydrogen) atoms. The number of methoxy groups -OCH3 is 1. The Bertz CT molecular complexity index is 461. The summed E-state index contributed by atoms with van der Waals surface area (Å²) in [6.45, 7) is 8.04. The fourth-order valence-electron chi connectivity index (χ4n) is 3.51. The predicted octanol–water partition coefficient (Wildman–Crippen LogP) is -0.0118. The van der Waals surface area contributed by atoms with Crippen LogP contribution in [0.3, 0.4) is 0 Å². The number of rotatable bonds is 4. The number of aliphatic hydroxyl groups is 1. The third kappa shape index (κ3) is 2.34. The van der Waals surface area contributed by atoms with Gasteiger partial charge in [-0.2, -0.15) is 0 Å². The number of nitrogens with two attached hydrogens (primary N) is 1. The molecular formula is C15H26N2O4. The summed E-state index contributed by atoms with van der Waals surface area (Å²) in [6.07, 6.45) is 0. The molecule has 0 radical (unpaired) electrons. The third-order valence-corrected chi connectivity index (χ3v) is 5.45. The van der Waals surface area contributed by atoms with Gasteiger partial charge in [0, 0.05) is 17.9 Å². The Morgan fingerprint density at radius 1 is 1.48 bits per heavy atom. The van der Waals surface area contributed by atoms with E-state index >= 15 is 0 Å². The highest BCUT2D eigenvalue weighted by molar-refractivity contribution is 5.89. The minimum atomic E-state index is -0.838. The summed E-state index contributed by atoms with van der Waals surface area (Å²) in [5, 5.41) is 9.38. The molecule has 1 heterocycles. The van der Waals surface area contributed by atoms with Gasteiger partial charge >= 0.3 is 5.97 Å². The molecule has 0 aromatic heterocycles. The van der Waals surface area contributed by atoms with Gasteiger partial charge in [0.2, 0.25) is 5.91 Å². The van der Waals surface area contributed by atoms with Crippen molar-refractivity contribution in [3.8, 4) is 0 Å². The van der Waals surface area contributed by atoms with Gasteiger partial charge in [-0.25, -0.2) is 4.79 Å². The molecule has 2 fully saturated rings. The Hall–Kier alpha value is -1.14. The summed E-state index contributed by atoms with van der Waals surface area (Å²) in [4.78, 5) is 26.3. The molecule has 6 nitrogen and oxygen atoms in total. The van der Waals surface area contributed by atoms with Crippen molar-refractivity contribution in [3.63, 3.8) is 0 Å². The molecule has 6 heteroatoms. The Balaban J connectivity index is 2.20. The van der Waals surface area contributed by atoms with Gasteiger partial charge in [0.05, 0.1) is 19.8 Å². The fraction of sp³-hybridized carbons (Fsp3) is 0.867. The van der Waals surface area contributed by atoms with Crippen LogP contribution in [0.15, 0.2) is 0 Å². The Kier molecular flexibility index (Phi) is 3.83. The van der Waals surface area contributed by atoms with Crippen molar-refractivity contribution >= 4 is 11.9 Å². The number of aliphatic hydroxyl groups excluding tert-OH is 1. The van der Waals surface area contributed by atoms with E-state index in [0.29, 0.717) is 12.5 Å². The molecule has 120 valence electrons. The zero-order chi connectivity index (χ0) is 16.2. The van der Waals surface area contributed by atoms with Gasteiger partial charge in [-0.1, -0.05) is 27.7 Å². The van der Waals surface area contributed by atoms with E-state index < -0.39 is 17.5 Å². The molecule has 1 amide bonds. The topological polar surface area (TPSA) is 92.9 Å². The predicted molar refractivity (Wildman–Crippen MR) is 77.1 cm³/mol. The first-order chi connectivity index (χ1) is 9.59. The maximum absolute atomic E-state index is 12.6. The van der Waals surface area contributed by atoms with Gasteiger partial charge in [0.15, 0.2) is 0 Å². The second kappa shape index (κ2) is 4.95. The zero-order valence-electron chi connectivity index (χ0n) is 13.4. The molecule has 4 atom stereocenters. The molecule has 0 spiro atoms. The SMILES string of the molecule is COC(=O)[C@@H]1[C@@H]2[C@H](CN1C(=O)[C@@H](N)C(C)(C)CO)C2(C)C. The molecule has 0 bridgehead atoms. The fourth-order valence-corrected chi connectivity index (χ4v) is 3.51. The number of hydrogen-bond acceptors (Lipinski definition) is 5. The minimum Gasteiger partial charge on any atom is -0.467 e. The van der Waals surface area contributed by atoms with Gasteiger partial charge < -0.3 is 20.5 Å². The highest BCUT2D eigenvalue weighted by Crippen LogP contribution is 2.65. The van der Waals surface area contributed by atoms with Gasteiger partial charge in [0.25, 0.3) is 0 Å². The van der Waals surface area contributed by atoms with E-state index in [1.165, 1.54) is 7.11 Å². The molecule has 3 N–H and O–H groups in total. The number of amides is 1. The summed E-state index contributed by atoms with van der Waals surface area (Å²) in [7, 11) is 1.34. The lowest BCUT2D eigenvalue weighted by atomic mass is 9.84. The van der Waals surface area contributed by atoms with Crippen LogP contribution >= 0.6 is 0 Å². The first-order valence-corrected chi connectivity index (χ1v) is 7.34. The average Bonchev–Trinajstić information content (AvgIpc) is 2.81. The lowest BCUT2D eigenvalue weighted by Crippen LogP contribution is -2.56. The summed E-state index contributed by atoms with van der Waals surface area (Å²) < 4.78 is 4.87. The van der Waals surface area contributed by atoms with Crippen molar-refractivity contribution in [1.82, 2.24) is 4.90 Å². The number of piperidine rings is 1. The van der Waals surface area contributed by atoms with E-state index in [2.05, 4.69) is 13.8 Å². The van der Waals surface area contributed by atoms with Gasteiger partial charge in [-0.15, -0.1) is 0 Å². The van der Waals surface area contributed by atoms with Crippen LogP contribution in [0.2, 0.25) is 0 Å². The summed E-state index contributed by atoms with van der Waals surface area (Å²) in [6, 6.07) is -1.39. The zero-order valence-corrected chi connectivity index (χ0v) is 13.4. The molecule has 2 aliphatic rings. The van der Waals surface area contributed by atoms with Crippen molar-refractivity contribution in [3.05, 3.63) is 0 Å². The lowest BCUT2D eigenvalue weighted by molar-refractivity contribution is -0.154. The highest BCUT2D eigenvalue weighted by Gasteiger charge is 2.70. The summed E-state index contributed by atoms with van der Waals surface area (Å²) in [5.41, 5.74) is 5.35. The second-order valence-corrected chi connectivity index (χ2v) is 7.54. The van der Waals surface area contributed by atoms with Crippen LogP contribution in [0.25, 0.3) is 0 Å². The maximum Gasteiger partial charge on any atom is 0.328 e. The van der Waals surface area contributed by atoms with Crippen LogP contribution in [-0.2, 0) is 14.3 Å². The number of nitrogens with zero attached hydrogens (tertiary/aromatic N) is 1. The van der Waals surface area contributed by atoms with Gasteiger partial charge in [0.1, 0.15) is 6.04 Å². The third-order valence-electron chi connectivity index (χ3n) is 5.45. The quantitative estimate of drug-likeness (QED) is 0.712. The molecule has 1 aliphatic heterocycles. The molecule has 0 aromatic rings. The normalized spacial score (nSPS) is 31.6. The number of fused-ring (bicyclic) bond motifs is 1. The van der Waals surface area contributed by atoms with Crippen molar-refractivity contribution in [1.29, 1.82) is 0 Å². The highest BCUT2D eigenvalue weighted by atomic mass is 16.5. The van der Waals surface area contributed by atoms with Crippen LogP contribution in [0.5, 0.6) is 0 Å². The average molecular weight is 298 g/mol. The molecule has 0 unspecified atom stereocenters. The Morgan fingerprint density at radius 2 is 2.05 bits per heavy atom. The van der Waals surface area contributed by atoms with Crippen molar-refractivity contribution in [2.24, 2.45) is 28.4 Å². The van der Waals surface area contributed by atoms with E-state index in [0.717, 1.165) is 0 Å². The molecule has 1 saturated carbocycles. The molecule has 1 aliphatic carbocycles. The molecule has 2 rings (SSSR count).